The van der Waals surface area contributed by atoms with E-state index in [1.165, 1.54) is 104 Å². The van der Waals surface area contributed by atoms with Gasteiger partial charge in [-0.15, -0.1) is 11.3 Å². The van der Waals surface area contributed by atoms with Gasteiger partial charge in [0.2, 0.25) is 0 Å². The van der Waals surface area contributed by atoms with Crippen LogP contribution in [0.3, 0.4) is 0 Å². The SMILES string of the molecule is CC(C)(C)c1cccc(-c2cc3oc4ccccc4c3c(-c3cccc(C(C)(C)C)c3)c2N2c3cc(C(C)(C)C)ccc3C3c4cc(-c5cc(C(C)(C)C)cc(C(C)(C)C)c5)ccc4N(c4c(-c5ccccc5)cc5sc6ccccc6c5c4-c4ccccc4)c4cc(-c5cc(C(C)(C)C)cc(C(C)(C)C)c5)cc2c43)c1. The molecule has 4 heterocycles. The van der Waals surface area contributed by atoms with E-state index in [4.69, 9.17) is 4.42 Å². The van der Waals surface area contributed by atoms with Crippen molar-refractivity contribution in [3.8, 4) is 66.8 Å². The number of para-hydroxylation sites is 1. The van der Waals surface area contributed by atoms with Crippen LogP contribution in [0.25, 0.3) is 109 Å². The molecule has 4 heteroatoms. The molecular weight excluding hydrogens is 1360 g/mol. The monoisotopic (exact) mass is 1470 g/mol. The topological polar surface area (TPSA) is 19.6 Å². The van der Waals surface area contributed by atoms with Crippen LogP contribution in [-0.2, 0) is 37.9 Å². The van der Waals surface area contributed by atoms with Crippen molar-refractivity contribution in [1.82, 2.24) is 0 Å². The molecule has 3 nitrogen and oxygen atoms in total. The lowest BCUT2D eigenvalue weighted by Gasteiger charge is -2.47. The zero-order valence-corrected chi connectivity index (χ0v) is 69.9. The standard InChI is InChI=1S/C107H106N2OS/c1-101(2,3)72-40-32-38-67(50-72)82-62-90-96(80-42-28-30-44-89(80)110-90)94(68-39-33-41-73(51-68)102(4,5)6)99(82)109-86-61-74(103(7,8)9)47-48-79(86)95-84-56-66(69-52-75(104(10,11)12)59-76(53-69)105(13,14)15)46-49-85(84)108(87-57-71(58-88(109)98(87)95)70-54-77(106(16,17)18)60-78(55-70)107(19,20)21)100-83(64-34-24-22-25-35-64)63-92-97(81-43-29-31-45-91(81)111-92)93(100)65-36-26-23-27-37-65/h22-63,95H,1-21H3. The molecule has 0 saturated heterocycles. The smallest absolute Gasteiger partial charge is 0.136 e. The van der Waals surface area contributed by atoms with Gasteiger partial charge in [-0.05, 0) is 187 Å². The zero-order valence-electron chi connectivity index (χ0n) is 69.0. The number of thiophene rings is 1. The fraction of sp³-hybridized carbons (Fsp3) is 0.271. The summed E-state index contributed by atoms with van der Waals surface area (Å²) in [5.41, 5.74) is 34.1. The van der Waals surface area contributed by atoms with Crippen LogP contribution in [-0.4, -0.2) is 0 Å². The van der Waals surface area contributed by atoms with Crippen molar-refractivity contribution in [3.63, 3.8) is 0 Å². The lowest BCUT2D eigenvalue weighted by molar-refractivity contribution is 0.568. The molecule has 2 aromatic heterocycles. The average Bonchev–Trinajstić information content (AvgIpc) is 1.38. The number of anilines is 6. The van der Waals surface area contributed by atoms with Gasteiger partial charge in [0.1, 0.15) is 11.2 Å². The summed E-state index contributed by atoms with van der Waals surface area (Å²) in [4.78, 5) is 5.57. The van der Waals surface area contributed by atoms with Gasteiger partial charge in [0.05, 0.1) is 34.1 Å². The van der Waals surface area contributed by atoms with Crippen LogP contribution in [0.1, 0.15) is 207 Å². The molecule has 0 bridgehead atoms. The highest BCUT2D eigenvalue weighted by atomic mass is 32.1. The van der Waals surface area contributed by atoms with Crippen LogP contribution in [0, 0.1) is 0 Å². The summed E-state index contributed by atoms with van der Waals surface area (Å²) in [5.74, 6) is -0.278. The van der Waals surface area contributed by atoms with Crippen molar-refractivity contribution in [2.75, 3.05) is 9.80 Å². The van der Waals surface area contributed by atoms with Gasteiger partial charge in [-0.2, -0.15) is 0 Å². The Hall–Kier alpha value is -10.5. The van der Waals surface area contributed by atoms with E-state index in [2.05, 4.69) is 410 Å². The molecule has 13 aromatic carbocycles. The van der Waals surface area contributed by atoms with E-state index in [0.29, 0.717) is 0 Å². The highest BCUT2D eigenvalue weighted by Crippen LogP contribution is 2.67. The van der Waals surface area contributed by atoms with Crippen LogP contribution in [0.15, 0.2) is 259 Å². The van der Waals surface area contributed by atoms with E-state index in [9.17, 15) is 0 Å². The van der Waals surface area contributed by atoms with Gasteiger partial charge >= 0.3 is 0 Å². The van der Waals surface area contributed by atoms with Gasteiger partial charge in [0.15, 0.2) is 0 Å². The van der Waals surface area contributed by atoms with Crippen molar-refractivity contribution >= 4 is 87.6 Å². The lowest BCUT2D eigenvalue weighted by atomic mass is 9.72. The Kier molecular flexibility index (Phi) is 17.2. The first-order chi connectivity index (χ1) is 52.4. The molecule has 15 aromatic rings. The lowest BCUT2D eigenvalue weighted by Crippen LogP contribution is -2.30. The van der Waals surface area contributed by atoms with E-state index in [1.54, 1.807) is 0 Å². The van der Waals surface area contributed by atoms with Crippen molar-refractivity contribution in [2.24, 2.45) is 0 Å². The van der Waals surface area contributed by atoms with Gasteiger partial charge in [-0.3, -0.25) is 0 Å². The molecule has 0 saturated carbocycles. The summed E-state index contributed by atoms with van der Waals surface area (Å²) in [5, 5.41) is 4.69. The summed E-state index contributed by atoms with van der Waals surface area (Å²) in [7, 11) is 0. The Bertz CT molecular complexity index is 6180. The third-order valence-corrected chi connectivity index (χ3v) is 25.0. The number of hydrogen-bond donors (Lipinski definition) is 0. The fourth-order valence-electron chi connectivity index (χ4n) is 17.3. The minimum Gasteiger partial charge on any atom is -0.456 e. The molecule has 0 radical (unpaired) electrons. The summed E-state index contributed by atoms with van der Waals surface area (Å²) in [6.45, 7) is 49.7. The molecular formula is C107H106N2OS. The minimum atomic E-state index is -0.278. The quantitative estimate of drug-likeness (QED) is 0.151. The third-order valence-electron chi connectivity index (χ3n) is 23.9. The summed E-state index contributed by atoms with van der Waals surface area (Å²) in [6, 6.07) is 99.8. The van der Waals surface area contributed by atoms with Gasteiger partial charge in [-0.1, -0.05) is 346 Å². The highest BCUT2D eigenvalue weighted by molar-refractivity contribution is 7.26. The molecule has 17 rings (SSSR count). The molecule has 1 atom stereocenters. The Morgan fingerprint density at radius 2 is 0.703 bits per heavy atom. The largest absolute Gasteiger partial charge is 0.456 e. The van der Waals surface area contributed by atoms with E-state index >= 15 is 0 Å². The highest BCUT2D eigenvalue weighted by Gasteiger charge is 2.46. The van der Waals surface area contributed by atoms with E-state index in [-0.39, 0.29) is 43.8 Å². The first kappa shape index (κ1) is 73.3. The van der Waals surface area contributed by atoms with Crippen LogP contribution in [0.4, 0.5) is 34.1 Å². The Morgan fingerprint density at radius 3 is 1.27 bits per heavy atom. The zero-order chi connectivity index (χ0) is 78.1. The molecule has 111 heavy (non-hydrogen) atoms. The molecule has 0 spiro atoms. The average molecular weight is 1470 g/mol. The van der Waals surface area contributed by atoms with Gasteiger partial charge in [0.25, 0.3) is 0 Å². The van der Waals surface area contributed by atoms with E-state index < -0.39 is 0 Å². The fourth-order valence-corrected chi connectivity index (χ4v) is 18.5. The Labute approximate surface area is 663 Å². The number of hydrogen-bond acceptors (Lipinski definition) is 4. The second-order valence-corrected chi connectivity index (χ2v) is 40.1. The molecule has 0 fully saturated rings. The van der Waals surface area contributed by atoms with Crippen LogP contribution in [0.5, 0.6) is 0 Å². The van der Waals surface area contributed by atoms with Crippen molar-refractivity contribution < 1.29 is 4.42 Å². The van der Waals surface area contributed by atoms with Gasteiger partial charge in [0, 0.05) is 64.7 Å². The third kappa shape index (κ3) is 12.8. The minimum absolute atomic E-state index is 0.110. The van der Waals surface area contributed by atoms with Crippen molar-refractivity contribution in [2.45, 2.75) is 189 Å². The van der Waals surface area contributed by atoms with Crippen LogP contribution in [0.2, 0.25) is 0 Å². The Morgan fingerprint density at radius 1 is 0.261 bits per heavy atom. The normalized spacial score (nSPS) is 14.2. The maximum absolute atomic E-state index is 7.36. The first-order valence-corrected chi connectivity index (χ1v) is 41.0. The van der Waals surface area contributed by atoms with Crippen molar-refractivity contribution in [3.05, 3.63) is 310 Å². The maximum Gasteiger partial charge on any atom is 0.136 e. The molecule has 556 valence electrons. The molecule has 0 amide bonds. The summed E-state index contributed by atoms with van der Waals surface area (Å²) >= 11 is 1.90. The first-order valence-electron chi connectivity index (χ1n) is 40.1. The molecule has 2 aliphatic heterocycles. The number of fused-ring (bicyclic) bond motifs is 10. The molecule has 0 N–H and O–H groups in total. The maximum atomic E-state index is 7.36. The van der Waals surface area contributed by atoms with Crippen LogP contribution >= 0.6 is 11.3 Å². The second kappa shape index (κ2) is 26.0. The van der Waals surface area contributed by atoms with Crippen molar-refractivity contribution in [1.29, 1.82) is 0 Å². The summed E-state index contributed by atoms with van der Waals surface area (Å²) < 4.78 is 9.88. The summed E-state index contributed by atoms with van der Waals surface area (Å²) in [6.07, 6.45) is 0. The number of furan rings is 1. The van der Waals surface area contributed by atoms with E-state index in [0.717, 1.165) is 95.0 Å². The van der Waals surface area contributed by atoms with Gasteiger partial charge in [-0.25, -0.2) is 0 Å². The second-order valence-electron chi connectivity index (χ2n) is 39.1. The predicted octanol–water partition coefficient (Wildman–Crippen LogP) is 31.8. The van der Waals surface area contributed by atoms with Crippen LogP contribution < -0.4 is 9.80 Å². The number of nitrogens with zero attached hydrogens (tertiary/aromatic N) is 2. The van der Waals surface area contributed by atoms with Gasteiger partial charge < -0.3 is 14.2 Å². The molecule has 0 aliphatic carbocycles. The molecule has 2 aliphatic rings. The van der Waals surface area contributed by atoms with E-state index in [1.807, 2.05) is 11.3 Å². The molecule has 1 unspecified atom stereocenters. The number of rotatable bonds is 8. The number of benzene rings is 13. The predicted molar refractivity (Wildman–Crippen MR) is 480 cm³/mol. The Balaban J connectivity index is 1.14.